The van der Waals surface area contributed by atoms with Crippen molar-refractivity contribution in [2.75, 3.05) is 19.6 Å². The van der Waals surface area contributed by atoms with Crippen molar-refractivity contribution < 1.29 is 4.79 Å². The molecular formula is C20H35N3O. The van der Waals surface area contributed by atoms with E-state index >= 15 is 0 Å². The van der Waals surface area contributed by atoms with E-state index in [1.54, 1.807) is 0 Å². The lowest BCUT2D eigenvalue weighted by atomic mass is 10.0. The van der Waals surface area contributed by atoms with Gasteiger partial charge in [-0.05, 0) is 44.5 Å². The Labute approximate surface area is 148 Å². The molecule has 0 aliphatic rings. The summed E-state index contributed by atoms with van der Waals surface area (Å²) in [6.45, 7) is 14.0. The van der Waals surface area contributed by atoms with Gasteiger partial charge in [-0.1, -0.05) is 45.0 Å². The second-order valence-electron chi connectivity index (χ2n) is 6.62. The van der Waals surface area contributed by atoms with E-state index in [2.05, 4.69) is 56.9 Å². The van der Waals surface area contributed by atoms with Gasteiger partial charge in [0.1, 0.15) is 0 Å². The standard InChI is InChI=1S/C20H35N3O/c1-6-20(24)23(16(4)5)19(14-21)13-17-9-11-18(12-10-17)15-22(7-2)8-3/h9-12,16,19H,6-8,13-15,21H2,1-5H3. The molecule has 0 bridgehead atoms. The van der Waals surface area contributed by atoms with Crippen LogP contribution in [0.25, 0.3) is 0 Å². The minimum atomic E-state index is 0.0612. The predicted octanol–water partition coefficient (Wildman–Crippen LogP) is 3.05. The maximum Gasteiger partial charge on any atom is 0.222 e. The summed E-state index contributed by atoms with van der Waals surface area (Å²) in [5, 5.41) is 0. The zero-order valence-corrected chi connectivity index (χ0v) is 16.1. The minimum Gasteiger partial charge on any atom is -0.336 e. The van der Waals surface area contributed by atoms with Crippen molar-refractivity contribution in [3.8, 4) is 0 Å². The lowest BCUT2D eigenvalue weighted by Crippen LogP contribution is -2.49. The molecule has 0 aliphatic carbocycles. The Morgan fingerprint density at radius 2 is 1.58 bits per heavy atom. The van der Waals surface area contributed by atoms with E-state index in [0.29, 0.717) is 13.0 Å². The van der Waals surface area contributed by atoms with E-state index < -0.39 is 0 Å². The fourth-order valence-electron chi connectivity index (χ4n) is 3.15. The highest BCUT2D eigenvalue weighted by Gasteiger charge is 2.24. The van der Waals surface area contributed by atoms with Gasteiger partial charge in [-0.15, -0.1) is 0 Å². The highest BCUT2D eigenvalue weighted by molar-refractivity contribution is 5.76. The van der Waals surface area contributed by atoms with Crippen molar-refractivity contribution in [1.29, 1.82) is 0 Å². The van der Waals surface area contributed by atoms with Crippen LogP contribution in [-0.4, -0.2) is 47.4 Å². The Bertz CT molecular complexity index is 480. The van der Waals surface area contributed by atoms with Crippen molar-refractivity contribution in [1.82, 2.24) is 9.80 Å². The third-order valence-corrected chi connectivity index (χ3v) is 4.61. The molecule has 2 N–H and O–H groups in total. The summed E-state index contributed by atoms with van der Waals surface area (Å²) in [6, 6.07) is 8.98. The highest BCUT2D eigenvalue weighted by atomic mass is 16.2. The summed E-state index contributed by atoms with van der Waals surface area (Å²) in [5.41, 5.74) is 8.55. The van der Waals surface area contributed by atoms with Crippen LogP contribution in [0.2, 0.25) is 0 Å². The molecule has 1 rings (SSSR count). The molecule has 24 heavy (non-hydrogen) atoms. The van der Waals surface area contributed by atoms with Crippen LogP contribution in [0.1, 0.15) is 52.2 Å². The number of amides is 1. The van der Waals surface area contributed by atoms with E-state index in [4.69, 9.17) is 5.73 Å². The fourth-order valence-corrected chi connectivity index (χ4v) is 3.15. The lowest BCUT2D eigenvalue weighted by Gasteiger charge is -2.34. The molecule has 136 valence electrons. The van der Waals surface area contributed by atoms with Crippen molar-refractivity contribution in [3.63, 3.8) is 0 Å². The molecule has 0 heterocycles. The molecular weight excluding hydrogens is 298 g/mol. The second-order valence-corrected chi connectivity index (χ2v) is 6.62. The van der Waals surface area contributed by atoms with Crippen molar-refractivity contribution in [3.05, 3.63) is 35.4 Å². The number of nitrogens with zero attached hydrogens (tertiary/aromatic N) is 2. The van der Waals surface area contributed by atoms with Gasteiger partial charge in [0.25, 0.3) is 0 Å². The highest BCUT2D eigenvalue weighted by Crippen LogP contribution is 2.15. The Hall–Kier alpha value is -1.39. The normalized spacial score (nSPS) is 12.7. The summed E-state index contributed by atoms with van der Waals surface area (Å²) in [6.07, 6.45) is 1.34. The quantitative estimate of drug-likeness (QED) is 0.716. The Morgan fingerprint density at radius 3 is 2.00 bits per heavy atom. The van der Waals surface area contributed by atoms with Crippen molar-refractivity contribution in [2.24, 2.45) is 5.73 Å². The van der Waals surface area contributed by atoms with Crippen LogP contribution in [0.5, 0.6) is 0 Å². The number of hydrogen-bond donors (Lipinski definition) is 1. The summed E-state index contributed by atoms with van der Waals surface area (Å²) < 4.78 is 0. The van der Waals surface area contributed by atoms with Gasteiger partial charge in [0.05, 0.1) is 0 Å². The summed E-state index contributed by atoms with van der Waals surface area (Å²) in [5.74, 6) is 0.179. The zero-order chi connectivity index (χ0) is 18.1. The molecule has 1 aromatic carbocycles. The molecule has 1 atom stereocenters. The number of hydrogen-bond acceptors (Lipinski definition) is 3. The molecule has 0 saturated carbocycles. The van der Waals surface area contributed by atoms with Gasteiger partial charge in [0.15, 0.2) is 0 Å². The van der Waals surface area contributed by atoms with Gasteiger partial charge in [-0.25, -0.2) is 0 Å². The molecule has 4 heteroatoms. The topological polar surface area (TPSA) is 49.6 Å². The van der Waals surface area contributed by atoms with E-state index in [0.717, 1.165) is 26.1 Å². The lowest BCUT2D eigenvalue weighted by molar-refractivity contribution is -0.135. The van der Waals surface area contributed by atoms with Gasteiger partial charge in [-0.2, -0.15) is 0 Å². The largest absolute Gasteiger partial charge is 0.336 e. The summed E-state index contributed by atoms with van der Waals surface area (Å²) in [7, 11) is 0. The first kappa shape index (κ1) is 20.7. The molecule has 1 amide bonds. The van der Waals surface area contributed by atoms with Gasteiger partial charge in [0, 0.05) is 31.6 Å². The molecule has 0 saturated heterocycles. The minimum absolute atomic E-state index is 0.0612. The molecule has 0 radical (unpaired) electrons. The monoisotopic (exact) mass is 333 g/mol. The predicted molar refractivity (Wildman–Crippen MR) is 102 cm³/mol. The molecule has 0 aromatic heterocycles. The average Bonchev–Trinajstić information content (AvgIpc) is 2.59. The first-order valence-corrected chi connectivity index (χ1v) is 9.28. The number of rotatable bonds is 10. The van der Waals surface area contributed by atoms with Crippen LogP contribution < -0.4 is 5.73 Å². The first-order chi connectivity index (χ1) is 11.5. The average molecular weight is 334 g/mol. The number of benzene rings is 1. The van der Waals surface area contributed by atoms with Crippen LogP contribution in [0.3, 0.4) is 0 Å². The Kier molecular flexibility index (Phi) is 9.01. The van der Waals surface area contributed by atoms with Crippen LogP contribution in [-0.2, 0) is 17.8 Å². The summed E-state index contributed by atoms with van der Waals surface area (Å²) in [4.78, 5) is 16.6. The van der Waals surface area contributed by atoms with Gasteiger partial charge in [-0.3, -0.25) is 9.69 Å². The number of carbonyl (C=O) groups is 1. The second kappa shape index (κ2) is 10.5. The molecule has 0 aliphatic heterocycles. The molecule has 4 nitrogen and oxygen atoms in total. The van der Waals surface area contributed by atoms with E-state index in [1.165, 1.54) is 11.1 Å². The zero-order valence-electron chi connectivity index (χ0n) is 16.1. The van der Waals surface area contributed by atoms with Gasteiger partial charge in [0.2, 0.25) is 5.91 Å². The summed E-state index contributed by atoms with van der Waals surface area (Å²) >= 11 is 0. The van der Waals surface area contributed by atoms with Crippen LogP contribution >= 0.6 is 0 Å². The first-order valence-electron chi connectivity index (χ1n) is 9.28. The molecule has 0 fully saturated rings. The smallest absolute Gasteiger partial charge is 0.222 e. The SMILES string of the molecule is CCC(=O)N(C(C)C)C(CN)Cc1ccc(CN(CC)CC)cc1. The third kappa shape index (κ3) is 5.91. The molecule has 1 aromatic rings. The van der Waals surface area contributed by atoms with Gasteiger partial charge >= 0.3 is 0 Å². The maximum atomic E-state index is 12.3. The van der Waals surface area contributed by atoms with E-state index in [1.807, 2.05) is 11.8 Å². The Morgan fingerprint density at radius 1 is 1.04 bits per heavy atom. The number of carbonyl (C=O) groups excluding carboxylic acids is 1. The van der Waals surface area contributed by atoms with Crippen molar-refractivity contribution >= 4 is 5.91 Å². The van der Waals surface area contributed by atoms with Crippen LogP contribution in [0.15, 0.2) is 24.3 Å². The molecule has 1 unspecified atom stereocenters. The van der Waals surface area contributed by atoms with Crippen molar-refractivity contribution in [2.45, 2.75) is 66.1 Å². The fraction of sp³-hybridized carbons (Fsp3) is 0.650. The molecule has 0 spiro atoms. The van der Waals surface area contributed by atoms with E-state index in [9.17, 15) is 4.79 Å². The van der Waals surface area contributed by atoms with Gasteiger partial charge < -0.3 is 10.6 Å². The maximum absolute atomic E-state index is 12.3. The Balaban J connectivity index is 2.80. The van der Waals surface area contributed by atoms with Crippen LogP contribution in [0, 0.1) is 0 Å². The van der Waals surface area contributed by atoms with E-state index in [-0.39, 0.29) is 18.0 Å². The third-order valence-electron chi connectivity index (χ3n) is 4.61. The van der Waals surface area contributed by atoms with Crippen LogP contribution in [0.4, 0.5) is 0 Å². The number of nitrogens with two attached hydrogens (primary N) is 1.